The summed E-state index contributed by atoms with van der Waals surface area (Å²) < 4.78 is 8.39. The molecular formula is C16H21NO. The molecular weight excluding hydrogens is 222 g/mol. The highest BCUT2D eigenvalue weighted by molar-refractivity contribution is 5.89. The zero-order valence-electron chi connectivity index (χ0n) is 11.5. The highest BCUT2D eigenvalue weighted by Crippen LogP contribution is 2.50. The van der Waals surface area contributed by atoms with Gasteiger partial charge in [0, 0.05) is 23.5 Å². The molecule has 1 spiro atoms. The van der Waals surface area contributed by atoms with Gasteiger partial charge in [0.25, 0.3) is 0 Å². The fraction of sp³-hybridized carbons (Fsp3) is 0.500. The van der Waals surface area contributed by atoms with Crippen molar-refractivity contribution in [1.82, 2.24) is 4.57 Å². The standard InChI is InChI=1S/C14H15NO.C2H6/c1-10-7-15-8-14(5-6-14)9-16-12-4-2-3-11(10)13(12)15;1-2/h2-4,7H,5-6,8-9H2,1H3;1-2H3. The fourth-order valence-electron chi connectivity index (χ4n) is 2.86. The van der Waals surface area contributed by atoms with Gasteiger partial charge >= 0.3 is 0 Å². The molecule has 18 heavy (non-hydrogen) atoms. The van der Waals surface area contributed by atoms with Crippen LogP contribution in [0.4, 0.5) is 0 Å². The number of para-hydroxylation sites is 1. The van der Waals surface area contributed by atoms with Crippen molar-refractivity contribution in [3.63, 3.8) is 0 Å². The Morgan fingerprint density at radius 1 is 1.22 bits per heavy atom. The van der Waals surface area contributed by atoms with Gasteiger partial charge in [0.1, 0.15) is 5.75 Å². The number of hydrogen-bond donors (Lipinski definition) is 0. The largest absolute Gasteiger partial charge is 0.491 e. The van der Waals surface area contributed by atoms with E-state index in [0.29, 0.717) is 5.41 Å². The van der Waals surface area contributed by atoms with Gasteiger partial charge in [-0.25, -0.2) is 0 Å². The Balaban J connectivity index is 0.000000478. The van der Waals surface area contributed by atoms with Gasteiger partial charge in [-0.15, -0.1) is 0 Å². The fourth-order valence-corrected chi connectivity index (χ4v) is 2.86. The van der Waals surface area contributed by atoms with Crippen molar-refractivity contribution in [2.24, 2.45) is 5.41 Å². The average Bonchev–Trinajstić information content (AvgIpc) is 3.13. The molecule has 2 nitrogen and oxygen atoms in total. The molecule has 0 atom stereocenters. The Hall–Kier alpha value is -1.44. The van der Waals surface area contributed by atoms with Crippen LogP contribution in [0.15, 0.2) is 24.4 Å². The number of aromatic nitrogens is 1. The molecule has 2 aromatic rings. The normalized spacial score (nSPS) is 18.8. The van der Waals surface area contributed by atoms with E-state index in [9.17, 15) is 0 Å². The summed E-state index contributed by atoms with van der Waals surface area (Å²) in [6.45, 7) is 8.21. The van der Waals surface area contributed by atoms with Gasteiger partial charge < -0.3 is 9.30 Å². The van der Waals surface area contributed by atoms with E-state index in [0.717, 1.165) is 18.9 Å². The van der Waals surface area contributed by atoms with Gasteiger partial charge in [-0.2, -0.15) is 0 Å². The predicted molar refractivity (Wildman–Crippen MR) is 75.2 cm³/mol. The second-order valence-electron chi connectivity index (χ2n) is 5.38. The number of aryl methyl sites for hydroxylation is 1. The maximum Gasteiger partial charge on any atom is 0.143 e. The first-order valence-corrected chi connectivity index (χ1v) is 6.99. The molecule has 1 fully saturated rings. The molecule has 1 saturated carbocycles. The summed E-state index contributed by atoms with van der Waals surface area (Å²) in [5, 5.41) is 1.34. The zero-order chi connectivity index (χ0) is 12.8. The van der Waals surface area contributed by atoms with Gasteiger partial charge in [-0.1, -0.05) is 26.0 Å². The molecule has 0 bridgehead atoms. The van der Waals surface area contributed by atoms with Crippen molar-refractivity contribution in [2.45, 2.75) is 40.2 Å². The third-order valence-electron chi connectivity index (χ3n) is 4.06. The van der Waals surface area contributed by atoms with E-state index in [2.05, 4.69) is 35.9 Å². The molecule has 0 radical (unpaired) electrons. The third-order valence-corrected chi connectivity index (χ3v) is 4.06. The van der Waals surface area contributed by atoms with Crippen LogP contribution >= 0.6 is 0 Å². The van der Waals surface area contributed by atoms with E-state index >= 15 is 0 Å². The molecule has 0 saturated heterocycles. The van der Waals surface area contributed by atoms with E-state index in [1.807, 2.05) is 13.8 Å². The van der Waals surface area contributed by atoms with Crippen LogP contribution in [-0.4, -0.2) is 11.2 Å². The van der Waals surface area contributed by atoms with Crippen molar-refractivity contribution >= 4 is 10.9 Å². The summed E-state index contributed by atoms with van der Waals surface area (Å²) in [5.74, 6) is 1.06. The predicted octanol–water partition coefficient (Wildman–Crippen LogP) is 4.15. The monoisotopic (exact) mass is 243 g/mol. The van der Waals surface area contributed by atoms with Crippen molar-refractivity contribution in [3.05, 3.63) is 30.0 Å². The lowest BCUT2D eigenvalue weighted by Crippen LogP contribution is -2.16. The Morgan fingerprint density at radius 3 is 2.72 bits per heavy atom. The van der Waals surface area contributed by atoms with E-state index < -0.39 is 0 Å². The van der Waals surface area contributed by atoms with Crippen molar-refractivity contribution in [1.29, 1.82) is 0 Å². The summed E-state index contributed by atoms with van der Waals surface area (Å²) in [6.07, 6.45) is 4.92. The lowest BCUT2D eigenvalue weighted by Gasteiger charge is -2.12. The molecule has 96 valence electrons. The number of benzene rings is 1. The first kappa shape index (κ1) is 11.6. The van der Waals surface area contributed by atoms with Crippen LogP contribution in [0.1, 0.15) is 32.3 Å². The lowest BCUT2D eigenvalue weighted by atomic mass is 10.1. The van der Waals surface area contributed by atoms with Crippen LogP contribution < -0.4 is 4.74 Å². The molecule has 2 heterocycles. The molecule has 1 aliphatic heterocycles. The van der Waals surface area contributed by atoms with Crippen LogP contribution in [0, 0.1) is 12.3 Å². The molecule has 0 unspecified atom stereocenters. The molecule has 0 amide bonds. The number of hydrogen-bond acceptors (Lipinski definition) is 1. The van der Waals surface area contributed by atoms with Crippen LogP contribution in [0.3, 0.4) is 0 Å². The van der Waals surface area contributed by atoms with E-state index in [4.69, 9.17) is 4.74 Å². The molecule has 1 aromatic heterocycles. The molecule has 4 rings (SSSR count). The first-order chi connectivity index (χ1) is 8.77. The van der Waals surface area contributed by atoms with Gasteiger partial charge in [0.05, 0.1) is 12.1 Å². The van der Waals surface area contributed by atoms with Crippen molar-refractivity contribution in [3.8, 4) is 5.75 Å². The van der Waals surface area contributed by atoms with Crippen LogP contribution in [0.25, 0.3) is 10.9 Å². The summed E-state index contributed by atoms with van der Waals surface area (Å²) in [4.78, 5) is 0. The zero-order valence-corrected chi connectivity index (χ0v) is 11.5. The summed E-state index contributed by atoms with van der Waals surface area (Å²) in [7, 11) is 0. The second-order valence-corrected chi connectivity index (χ2v) is 5.38. The Bertz CT molecular complexity index is 578. The molecule has 0 N–H and O–H groups in total. The van der Waals surface area contributed by atoms with E-state index in [-0.39, 0.29) is 0 Å². The second kappa shape index (κ2) is 4.04. The third kappa shape index (κ3) is 1.63. The minimum absolute atomic E-state index is 0.442. The Morgan fingerprint density at radius 2 is 2.00 bits per heavy atom. The molecule has 1 aromatic carbocycles. The summed E-state index contributed by atoms with van der Waals surface area (Å²) in [5.41, 5.74) is 3.10. The van der Waals surface area contributed by atoms with E-state index in [1.165, 1.54) is 29.3 Å². The quantitative estimate of drug-likeness (QED) is 0.678. The summed E-state index contributed by atoms with van der Waals surface area (Å²) in [6, 6.07) is 6.39. The Kier molecular flexibility index (Phi) is 2.61. The van der Waals surface area contributed by atoms with Gasteiger partial charge in [-0.3, -0.25) is 0 Å². The van der Waals surface area contributed by atoms with E-state index in [1.54, 1.807) is 0 Å². The van der Waals surface area contributed by atoms with Crippen molar-refractivity contribution < 1.29 is 4.74 Å². The number of nitrogens with zero attached hydrogens (tertiary/aromatic N) is 1. The average molecular weight is 243 g/mol. The van der Waals surface area contributed by atoms with Crippen LogP contribution in [0.5, 0.6) is 5.75 Å². The minimum Gasteiger partial charge on any atom is -0.491 e. The highest BCUT2D eigenvalue weighted by atomic mass is 16.5. The first-order valence-electron chi connectivity index (χ1n) is 6.99. The van der Waals surface area contributed by atoms with Crippen LogP contribution in [0.2, 0.25) is 0 Å². The minimum atomic E-state index is 0.442. The maximum atomic E-state index is 5.99. The lowest BCUT2D eigenvalue weighted by molar-refractivity contribution is 0.230. The number of ether oxygens (including phenoxy) is 1. The van der Waals surface area contributed by atoms with Gasteiger partial charge in [-0.05, 0) is 31.4 Å². The van der Waals surface area contributed by atoms with Crippen molar-refractivity contribution in [2.75, 3.05) is 6.61 Å². The maximum absolute atomic E-state index is 5.99. The summed E-state index contributed by atoms with van der Waals surface area (Å²) >= 11 is 0. The Labute approximate surface area is 109 Å². The molecule has 1 aliphatic carbocycles. The number of rotatable bonds is 0. The molecule has 2 heteroatoms. The topological polar surface area (TPSA) is 14.2 Å². The van der Waals surface area contributed by atoms with Gasteiger partial charge in [0.15, 0.2) is 0 Å². The highest BCUT2D eigenvalue weighted by Gasteiger charge is 2.45. The smallest absolute Gasteiger partial charge is 0.143 e. The van der Waals surface area contributed by atoms with Gasteiger partial charge in [0.2, 0.25) is 0 Å². The molecule has 2 aliphatic rings. The SMILES string of the molecule is CC.Cc1cn2c3c(cccc13)OCC1(CC1)C2. The van der Waals surface area contributed by atoms with Crippen LogP contribution in [-0.2, 0) is 6.54 Å².